The molecule has 0 spiro atoms. The maximum absolute atomic E-state index is 11.1. The zero-order valence-corrected chi connectivity index (χ0v) is 12.9. The Labute approximate surface area is 118 Å². The average Bonchev–Trinajstić information content (AvgIpc) is 2.41. The monoisotopic (exact) mass is 260 g/mol. The molecular formula is C18H28O. The van der Waals surface area contributed by atoms with Crippen molar-refractivity contribution in [1.29, 1.82) is 0 Å². The predicted molar refractivity (Wildman–Crippen MR) is 81.2 cm³/mol. The summed E-state index contributed by atoms with van der Waals surface area (Å²) in [6, 6.07) is 6.43. The molecule has 1 heteroatoms. The van der Waals surface area contributed by atoms with E-state index >= 15 is 0 Å². The van der Waals surface area contributed by atoms with Gasteiger partial charge in [0.1, 0.15) is 0 Å². The van der Waals surface area contributed by atoms with E-state index in [4.69, 9.17) is 0 Å². The maximum Gasteiger partial charge on any atom is 0.0899 e. The number of aliphatic hydroxyl groups is 1. The van der Waals surface area contributed by atoms with Crippen molar-refractivity contribution in [2.45, 2.75) is 65.4 Å². The smallest absolute Gasteiger partial charge is 0.0899 e. The number of hydrogen-bond acceptors (Lipinski definition) is 1. The summed E-state index contributed by atoms with van der Waals surface area (Å²) in [5, 5.41) is 11.1. The highest BCUT2D eigenvalue weighted by Gasteiger charge is 2.39. The molecule has 0 aromatic heterocycles. The van der Waals surface area contributed by atoms with Crippen molar-refractivity contribution in [2.75, 3.05) is 0 Å². The Morgan fingerprint density at radius 1 is 1.16 bits per heavy atom. The third-order valence-corrected chi connectivity index (χ3v) is 5.25. The Bertz CT molecular complexity index is 433. The van der Waals surface area contributed by atoms with Gasteiger partial charge in [0.05, 0.1) is 5.60 Å². The Balaban J connectivity index is 2.31. The van der Waals surface area contributed by atoms with Gasteiger partial charge < -0.3 is 5.11 Å². The SMILES string of the molecule is CCC1CCCCC1C(C)(O)c1ccc(C)c(C)c1. The van der Waals surface area contributed by atoms with Crippen LogP contribution in [0.3, 0.4) is 0 Å². The van der Waals surface area contributed by atoms with Crippen LogP contribution in [0.5, 0.6) is 0 Å². The summed E-state index contributed by atoms with van der Waals surface area (Å²) < 4.78 is 0. The van der Waals surface area contributed by atoms with Crippen molar-refractivity contribution in [1.82, 2.24) is 0 Å². The van der Waals surface area contributed by atoms with E-state index in [0.29, 0.717) is 11.8 Å². The van der Waals surface area contributed by atoms with Gasteiger partial charge in [-0.15, -0.1) is 0 Å². The minimum Gasteiger partial charge on any atom is -0.385 e. The van der Waals surface area contributed by atoms with Crippen LogP contribution < -0.4 is 0 Å². The van der Waals surface area contributed by atoms with Crippen LogP contribution in [0, 0.1) is 25.7 Å². The van der Waals surface area contributed by atoms with Gasteiger partial charge in [-0.3, -0.25) is 0 Å². The summed E-state index contributed by atoms with van der Waals surface area (Å²) in [4.78, 5) is 0. The van der Waals surface area contributed by atoms with Gasteiger partial charge in [0, 0.05) is 0 Å². The Morgan fingerprint density at radius 3 is 2.47 bits per heavy atom. The Morgan fingerprint density at radius 2 is 1.84 bits per heavy atom. The molecule has 0 aliphatic heterocycles. The quantitative estimate of drug-likeness (QED) is 0.833. The second-order valence-electron chi connectivity index (χ2n) is 6.51. The summed E-state index contributed by atoms with van der Waals surface area (Å²) in [6.45, 7) is 8.55. The zero-order valence-electron chi connectivity index (χ0n) is 12.9. The first-order chi connectivity index (χ1) is 8.96. The molecule has 1 aliphatic rings. The van der Waals surface area contributed by atoms with Gasteiger partial charge >= 0.3 is 0 Å². The Hall–Kier alpha value is -0.820. The van der Waals surface area contributed by atoms with Crippen LogP contribution in [0.15, 0.2) is 18.2 Å². The topological polar surface area (TPSA) is 20.2 Å². The molecule has 0 heterocycles. The standard InChI is InChI=1S/C18H28O/c1-5-15-8-6-7-9-17(15)18(4,19)16-11-10-13(2)14(3)12-16/h10-12,15,17,19H,5-9H2,1-4H3. The molecular weight excluding hydrogens is 232 g/mol. The van der Waals surface area contributed by atoms with E-state index in [1.165, 1.54) is 43.2 Å². The number of aryl methyl sites for hydroxylation is 2. The number of rotatable bonds is 3. The van der Waals surface area contributed by atoms with Crippen LogP contribution in [0.4, 0.5) is 0 Å². The second kappa shape index (κ2) is 5.66. The maximum atomic E-state index is 11.1. The molecule has 0 amide bonds. The molecule has 1 fully saturated rings. The minimum atomic E-state index is -0.681. The molecule has 1 N–H and O–H groups in total. The van der Waals surface area contributed by atoms with Crippen molar-refractivity contribution in [3.8, 4) is 0 Å². The fourth-order valence-corrected chi connectivity index (χ4v) is 3.71. The van der Waals surface area contributed by atoms with Gasteiger partial charge in [0.25, 0.3) is 0 Å². The molecule has 1 aromatic rings. The van der Waals surface area contributed by atoms with Crippen LogP contribution in [-0.2, 0) is 5.60 Å². The van der Waals surface area contributed by atoms with E-state index < -0.39 is 5.60 Å². The molecule has 0 bridgehead atoms. The number of hydrogen-bond donors (Lipinski definition) is 1. The first-order valence-electron chi connectivity index (χ1n) is 7.77. The minimum absolute atomic E-state index is 0.411. The summed E-state index contributed by atoms with van der Waals surface area (Å²) in [5.41, 5.74) is 3.00. The fraction of sp³-hybridized carbons (Fsp3) is 0.667. The lowest BCUT2D eigenvalue weighted by Gasteiger charge is -2.41. The van der Waals surface area contributed by atoms with E-state index in [-0.39, 0.29) is 0 Å². The molecule has 3 unspecified atom stereocenters. The first-order valence-corrected chi connectivity index (χ1v) is 7.77. The van der Waals surface area contributed by atoms with Gasteiger partial charge in [0.2, 0.25) is 0 Å². The van der Waals surface area contributed by atoms with E-state index in [1.807, 2.05) is 6.92 Å². The molecule has 2 rings (SSSR count). The van der Waals surface area contributed by atoms with Crippen LogP contribution in [0.2, 0.25) is 0 Å². The van der Waals surface area contributed by atoms with Crippen LogP contribution in [0.25, 0.3) is 0 Å². The van der Waals surface area contributed by atoms with Crippen molar-refractivity contribution >= 4 is 0 Å². The van der Waals surface area contributed by atoms with E-state index in [1.54, 1.807) is 0 Å². The first kappa shape index (κ1) is 14.6. The summed E-state index contributed by atoms with van der Waals surface area (Å²) in [5.74, 6) is 1.08. The molecule has 0 radical (unpaired) electrons. The predicted octanol–water partition coefficient (Wildman–Crippen LogP) is 4.73. The summed E-state index contributed by atoms with van der Waals surface area (Å²) >= 11 is 0. The molecule has 1 nitrogen and oxygen atoms in total. The highest BCUT2D eigenvalue weighted by molar-refractivity contribution is 5.33. The highest BCUT2D eigenvalue weighted by Crippen LogP contribution is 2.44. The van der Waals surface area contributed by atoms with Crippen molar-refractivity contribution < 1.29 is 5.11 Å². The third-order valence-electron chi connectivity index (χ3n) is 5.25. The van der Waals surface area contributed by atoms with E-state index in [0.717, 1.165) is 5.56 Å². The second-order valence-corrected chi connectivity index (χ2v) is 6.51. The van der Waals surface area contributed by atoms with Crippen LogP contribution in [-0.4, -0.2) is 5.11 Å². The molecule has 1 saturated carbocycles. The fourth-order valence-electron chi connectivity index (χ4n) is 3.71. The summed E-state index contributed by atoms with van der Waals surface area (Å²) in [6.07, 6.45) is 6.23. The van der Waals surface area contributed by atoms with Gasteiger partial charge in [-0.1, -0.05) is 50.8 Å². The molecule has 0 saturated heterocycles. The lowest BCUT2D eigenvalue weighted by Crippen LogP contribution is -2.38. The van der Waals surface area contributed by atoms with Gasteiger partial charge in [-0.05, 0) is 55.7 Å². The lowest BCUT2D eigenvalue weighted by atomic mass is 9.67. The summed E-state index contributed by atoms with van der Waals surface area (Å²) in [7, 11) is 0. The van der Waals surface area contributed by atoms with E-state index in [9.17, 15) is 5.11 Å². The van der Waals surface area contributed by atoms with Gasteiger partial charge in [0.15, 0.2) is 0 Å². The van der Waals surface area contributed by atoms with Crippen molar-refractivity contribution in [2.24, 2.45) is 11.8 Å². The lowest BCUT2D eigenvalue weighted by molar-refractivity contribution is -0.0489. The largest absolute Gasteiger partial charge is 0.385 e. The van der Waals surface area contributed by atoms with Crippen molar-refractivity contribution in [3.05, 3.63) is 34.9 Å². The molecule has 19 heavy (non-hydrogen) atoms. The zero-order chi connectivity index (χ0) is 14.0. The normalized spacial score (nSPS) is 27.0. The van der Waals surface area contributed by atoms with Gasteiger partial charge in [-0.25, -0.2) is 0 Å². The third kappa shape index (κ3) is 2.86. The molecule has 106 valence electrons. The van der Waals surface area contributed by atoms with Crippen LogP contribution >= 0.6 is 0 Å². The average molecular weight is 260 g/mol. The molecule has 1 aromatic carbocycles. The molecule has 3 atom stereocenters. The molecule has 1 aliphatic carbocycles. The van der Waals surface area contributed by atoms with Crippen molar-refractivity contribution in [3.63, 3.8) is 0 Å². The van der Waals surface area contributed by atoms with Crippen LogP contribution in [0.1, 0.15) is 62.6 Å². The highest BCUT2D eigenvalue weighted by atomic mass is 16.3. The number of benzene rings is 1. The van der Waals surface area contributed by atoms with E-state index in [2.05, 4.69) is 39.0 Å². The van der Waals surface area contributed by atoms with Gasteiger partial charge in [-0.2, -0.15) is 0 Å². The Kier molecular flexibility index (Phi) is 4.35.